The molecule has 0 aromatic heterocycles. The number of alkyl carbamates (subject to hydrolysis) is 1. The highest BCUT2D eigenvalue weighted by Crippen LogP contribution is 2.50. The SMILES string of the molecule is COc1ccc([C@H]2SC[C@@H](C(=O)O)N2C(=O)[C@H](CSC(c2ccccc2)(c2ccccc2)c2ccccc2)NC(=O)OCC2c3ccccc3-c3ccccc32)c(OC)c1. The van der Waals surface area contributed by atoms with Crippen LogP contribution in [0.4, 0.5) is 4.79 Å². The minimum atomic E-state index is -1.21. The van der Waals surface area contributed by atoms with Crippen LogP contribution in [-0.4, -0.2) is 72.4 Å². The van der Waals surface area contributed by atoms with Crippen LogP contribution in [0, 0.1) is 0 Å². The highest BCUT2D eigenvalue weighted by atomic mass is 32.2. The van der Waals surface area contributed by atoms with Gasteiger partial charge in [0.1, 0.15) is 35.6 Å². The quantitative estimate of drug-likeness (QED) is 0.104. The van der Waals surface area contributed by atoms with E-state index in [1.165, 1.54) is 35.5 Å². The van der Waals surface area contributed by atoms with E-state index < -0.39 is 40.2 Å². The Bertz CT molecular complexity index is 2330. The van der Waals surface area contributed by atoms with E-state index in [1.54, 1.807) is 25.3 Å². The van der Waals surface area contributed by atoms with E-state index in [4.69, 9.17) is 14.2 Å². The summed E-state index contributed by atoms with van der Waals surface area (Å²) in [6.07, 6.45) is -0.780. The number of carbonyl (C=O) groups is 3. The van der Waals surface area contributed by atoms with Gasteiger partial charge in [-0.1, -0.05) is 140 Å². The molecule has 2 amide bonds. The molecule has 0 bridgehead atoms. The molecule has 0 spiro atoms. The molecule has 6 aromatic carbocycles. The fraction of sp³-hybridized carbons (Fsp3) is 0.204. The molecule has 60 heavy (non-hydrogen) atoms. The number of hydrogen-bond acceptors (Lipinski definition) is 8. The lowest BCUT2D eigenvalue weighted by Gasteiger charge is -2.37. The Hall–Kier alpha value is -6.17. The number of amides is 2. The van der Waals surface area contributed by atoms with Crippen molar-refractivity contribution in [1.82, 2.24) is 10.2 Å². The summed E-state index contributed by atoms with van der Waals surface area (Å²) in [6.45, 7) is 0.0406. The fourth-order valence-electron chi connectivity index (χ4n) is 8.34. The van der Waals surface area contributed by atoms with Gasteiger partial charge in [0, 0.05) is 29.1 Å². The van der Waals surface area contributed by atoms with Gasteiger partial charge in [0.2, 0.25) is 5.91 Å². The molecule has 2 aliphatic rings. The predicted octanol–water partition coefficient (Wildman–Crippen LogP) is 9.36. The Morgan fingerprint density at radius 3 is 1.78 bits per heavy atom. The van der Waals surface area contributed by atoms with Gasteiger partial charge in [-0.25, -0.2) is 9.59 Å². The summed E-state index contributed by atoms with van der Waals surface area (Å²) in [5.41, 5.74) is 7.83. The Balaban J connectivity index is 1.17. The predicted molar refractivity (Wildman–Crippen MR) is 237 cm³/mol. The van der Waals surface area contributed by atoms with E-state index in [1.807, 2.05) is 91.0 Å². The zero-order valence-electron chi connectivity index (χ0n) is 33.1. The normalized spacial score (nSPS) is 16.3. The first-order valence-electron chi connectivity index (χ1n) is 19.6. The van der Waals surface area contributed by atoms with Crippen molar-refractivity contribution >= 4 is 41.5 Å². The molecule has 6 aromatic rings. The number of benzene rings is 6. The Kier molecular flexibility index (Phi) is 12.2. The van der Waals surface area contributed by atoms with Gasteiger partial charge < -0.3 is 29.5 Å². The third-order valence-corrected chi connectivity index (χ3v) is 14.1. The first-order chi connectivity index (χ1) is 29.3. The van der Waals surface area contributed by atoms with Crippen LogP contribution < -0.4 is 14.8 Å². The summed E-state index contributed by atoms with van der Waals surface area (Å²) in [7, 11) is 3.07. The van der Waals surface area contributed by atoms with E-state index in [0.29, 0.717) is 17.1 Å². The standard InChI is InChI=1S/C49H44N2O7S2/c1-56-35-26-27-40(44(28-35)57-2)46-51(43(31-59-46)47(53)54)45(52)42(50-48(55)58-29-41-38-24-14-12-22-36(38)37-23-13-15-25-39(37)41)30-60-49(32-16-6-3-7-17-32,33-18-8-4-9-19-33)34-20-10-5-11-21-34/h3-28,41-43,46H,29-31H2,1-2H3,(H,50,55)(H,53,54)/t42-,43-,46+/m0/s1. The molecule has 2 N–H and O–H groups in total. The molecule has 1 aliphatic carbocycles. The molecule has 0 unspecified atom stereocenters. The number of carboxylic acids is 1. The molecule has 3 atom stereocenters. The second kappa shape index (κ2) is 18.0. The minimum absolute atomic E-state index is 0.0406. The fourth-order valence-corrected chi connectivity index (χ4v) is 11.3. The molecule has 1 aliphatic heterocycles. The molecule has 11 heteroatoms. The van der Waals surface area contributed by atoms with Crippen molar-refractivity contribution in [2.75, 3.05) is 32.3 Å². The third kappa shape index (κ3) is 7.82. The van der Waals surface area contributed by atoms with Crippen LogP contribution in [0.3, 0.4) is 0 Å². The molecular weight excluding hydrogens is 793 g/mol. The molecular formula is C49H44N2O7S2. The lowest BCUT2D eigenvalue weighted by molar-refractivity contribution is -0.149. The number of rotatable bonds is 14. The van der Waals surface area contributed by atoms with Crippen LogP contribution in [0.2, 0.25) is 0 Å². The van der Waals surface area contributed by atoms with Gasteiger partial charge >= 0.3 is 12.1 Å². The number of ether oxygens (including phenoxy) is 3. The van der Waals surface area contributed by atoms with Crippen molar-refractivity contribution in [2.45, 2.75) is 28.1 Å². The third-order valence-electron chi connectivity index (χ3n) is 11.2. The lowest BCUT2D eigenvalue weighted by Crippen LogP contribution is -2.54. The van der Waals surface area contributed by atoms with Crippen molar-refractivity contribution in [3.8, 4) is 22.6 Å². The van der Waals surface area contributed by atoms with Crippen molar-refractivity contribution < 1.29 is 33.7 Å². The molecule has 0 radical (unpaired) electrons. The van der Waals surface area contributed by atoms with Gasteiger partial charge in [0.15, 0.2) is 0 Å². The Morgan fingerprint density at radius 2 is 1.27 bits per heavy atom. The Labute approximate surface area is 358 Å². The number of carboxylic acid groups (broad SMARTS) is 1. The monoisotopic (exact) mass is 836 g/mol. The number of carbonyl (C=O) groups excluding carboxylic acids is 2. The smallest absolute Gasteiger partial charge is 0.407 e. The zero-order chi connectivity index (χ0) is 41.6. The average molecular weight is 837 g/mol. The second-order valence-corrected chi connectivity index (χ2v) is 16.9. The van der Waals surface area contributed by atoms with Gasteiger partial charge in [-0.3, -0.25) is 4.79 Å². The van der Waals surface area contributed by atoms with Crippen molar-refractivity contribution in [3.63, 3.8) is 0 Å². The molecule has 1 heterocycles. The van der Waals surface area contributed by atoms with Gasteiger partial charge in [0.25, 0.3) is 0 Å². The molecule has 1 saturated heterocycles. The van der Waals surface area contributed by atoms with Crippen LogP contribution in [0.25, 0.3) is 11.1 Å². The van der Waals surface area contributed by atoms with Gasteiger partial charge in [-0.15, -0.1) is 23.5 Å². The highest BCUT2D eigenvalue weighted by Gasteiger charge is 2.47. The second-order valence-electron chi connectivity index (χ2n) is 14.5. The van der Waals surface area contributed by atoms with Crippen LogP contribution in [0.15, 0.2) is 158 Å². The Morgan fingerprint density at radius 1 is 0.733 bits per heavy atom. The summed E-state index contributed by atoms with van der Waals surface area (Å²) < 4.78 is 16.4. The number of thioether (sulfide) groups is 2. The van der Waals surface area contributed by atoms with E-state index in [0.717, 1.165) is 38.9 Å². The van der Waals surface area contributed by atoms with Gasteiger partial charge in [-0.05, 0) is 51.1 Å². The summed E-state index contributed by atoms with van der Waals surface area (Å²) in [5.74, 6) is -0.717. The molecule has 1 fully saturated rings. The lowest BCUT2D eigenvalue weighted by atomic mass is 9.84. The number of methoxy groups -OCH3 is 2. The van der Waals surface area contributed by atoms with E-state index in [-0.39, 0.29) is 24.0 Å². The van der Waals surface area contributed by atoms with Crippen LogP contribution >= 0.6 is 23.5 Å². The molecule has 8 rings (SSSR count). The average Bonchev–Trinajstić information content (AvgIpc) is 3.89. The van der Waals surface area contributed by atoms with E-state index in [9.17, 15) is 14.7 Å². The number of aliphatic carboxylic acids is 1. The first kappa shape index (κ1) is 40.6. The van der Waals surface area contributed by atoms with Crippen molar-refractivity contribution in [1.29, 1.82) is 0 Å². The number of nitrogens with one attached hydrogen (secondary N) is 1. The van der Waals surface area contributed by atoms with Crippen LogP contribution in [0.5, 0.6) is 11.5 Å². The van der Waals surface area contributed by atoms with Crippen molar-refractivity contribution in [2.24, 2.45) is 0 Å². The summed E-state index contributed by atoms with van der Waals surface area (Å²) in [4.78, 5) is 43.8. The largest absolute Gasteiger partial charge is 0.497 e. The zero-order valence-corrected chi connectivity index (χ0v) is 34.7. The first-order valence-corrected chi connectivity index (χ1v) is 21.7. The highest BCUT2D eigenvalue weighted by molar-refractivity contribution is 8.00. The molecule has 304 valence electrons. The number of hydrogen-bond donors (Lipinski definition) is 2. The van der Waals surface area contributed by atoms with Crippen LogP contribution in [0.1, 0.15) is 44.7 Å². The number of fused-ring (bicyclic) bond motifs is 3. The maximum absolute atomic E-state index is 15.3. The molecule has 9 nitrogen and oxygen atoms in total. The van der Waals surface area contributed by atoms with Gasteiger partial charge in [-0.2, -0.15) is 0 Å². The molecule has 0 saturated carbocycles. The summed E-state index contributed by atoms with van der Waals surface area (Å²) in [5, 5.41) is 12.8. The topological polar surface area (TPSA) is 114 Å². The maximum atomic E-state index is 15.3. The summed E-state index contributed by atoms with van der Waals surface area (Å²) in [6, 6.07) is 49.2. The van der Waals surface area contributed by atoms with E-state index in [2.05, 4.69) is 53.8 Å². The van der Waals surface area contributed by atoms with Crippen LogP contribution in [-0.2, 0) is 19.1 Å². The van der Waals surface area contributed by atoms with Gasteiger partial charge in [0.05, 0.1) is 19.0 Å². The minimum Gasteiger partial charge on any atom is -0.497 e. The van der Waals surface area contributed by atoms with Crippen molar-refractivity contribution in [3.05, 3.63) is 191 Å². The summed E-state index contributed by atoms with van der Waals surface area (Å²) >= 11 is 2.82. The maximum Gasteiger partial charge on any atom is 0.407 e. The van der Waals surface area contributed by atoms with E-state index >= 15 is 4.79 Å². The number of nitrogens with zero attached hydrogens (tertiary/aromatic N) is 1.